The van der Waals surface area contributed by atoms with E-state index in [0.717, 1.165) is 34.4 Å². The van der Waals surface area contributed by atoms with Crippen molar-refractivity contribution in [2.24, 2.45) is 5.10 Å². The van der Waals surface area contributed by atoms with Gasteiger partial charge in [-0.25, -0.2) is 9.97 Å². The molecule has 1 N–H and O–H groups in total. The van der Waals surface area contributed by atoms with Crippen molar-refractivity contribution in [3.63, 3.8) is 0 Å². The Hall–Kier alpha value is -2.18. The molecule has 0 aliphatic heterocycles. The van der Waals surface area contributed by atoms with Gasteiger partial charge >= 0.3 is 0 Å². The lowest BCUT2D eigenvalue weighted by Crippen LogP contribution is -2.08. The van der Waals surface area contributed by atoms with Gasteiger partial charge in [-0.05, 0) is 48.9 Å². The van der Waals surface area contributed by atoms with Gasteiger partial charge in [0.05, 0.1) is 11.6 Å². The fourth-order valence-electron chi connectivity index (χ4n) is 3.20. The zero-order valence-electron chi connectivity index (χ0n) is 14.9. The Morgan fingerprint density at radius 2 is 1.88 bits per heavy atom. The van der Waals surface area contributed by atoms with Crippen LogP contribution in [0.3, 0.4) is 0 Å². The van der Waals surface area contributed by atoms with Crippen molar-refractivity contribution in [3.8, 4) is 0 Å². The number of nitrogens with zero attached hydrogens (tertiary/aromatic N) is 4. The largest absolute Gasteiger partial charge is 0.378 e. The van der Waals surface area contributed by atoms with Crippen LogP contribution < -0.4 is 10.3 Å². The lowest BCUT2D eigenvalue weighted by atomic mass is 9.97. The van der Waals surface area contributed by atoms with E-state index in [1.54, 1.807) is 17.7 Å². The quantitative estimate of drug-likeness (QED) is 0.528. The Morgan fingerprint density at radius 1 is 1.12 bits per heavy atom. The molecule has 2 heterocycles. The van der Waals surface area contributed by atoms with Gasteiger partial charge in [0.15, 0.2) is 5.82 Å². The summed E-state index contributed by atoms with van der Waals surface area (Å²) in [6, 6.07) is 8.28. The fourth-order valence-corrected chi connectivity index (χ4v) is 4.43. The third-order valence-electron chi connectivity index (χ3n) is 4.54. The smallest absolute Gasteiger partial charge is 0.158 e. The van der Waals surface area contributed by atoms with Crippen LogP contribution in [0.1, 0.15) is 28.8 Å². The van der Waals surface area contributed by atoms with E-state index in [4.69, 9.17) is 0 Å². The number of rotatable bonds is 4. The summed E-state index contributed by atoms with van der Waals surface area (Å²) in [7, 11) is 4.07. The predicted octanol–water partition coefficient (Wildman–Crippen LogP) is 4.50. The molecule has 3 aromatic rings. The third-order valence-corrected chi connectivity index (χ3v) is 5.74. The summed E-state index contributed by atoms with van der Waals surface area (Å²) in [5.41, 5.74) is 6.77. The molecule has 0 bridgehead atoms. The number of hydrogen-bond acceptors (Lipinski definition) is 6. The SMILES string of the molecule is CN(C)c1ccc(/C=N/Nc2ncnc3sc4c(c23)CCCC4)cc1.Cl. The van der Waals surface area contributed by atoms with Crippen LogP contribution in [0.15, 0.2) is 35.7 Å². The first-order valence-electron chi connectivity index (χ1n) is 8.54. The molecule has 1 aliphatic carbocycles. The first-order valence-corrected chi connectivity index (χ1v) is 9.36. The normalized spacial score (nSPS) is 13.5. The summed E-state index contributed by atoms with van der Waals surface area (Å²) in [6.07, 6.45) is 8.25. The molecule has 2 aromatic heterocycles. The first-order chi connectivity index (χ1) is 12.2. The molecule has 0 unspecified atom stereocenters. The van der Waals surface area contributed by atoms with E-state index in [1.165, 1.54) is 29.0 Å². The molecule has 0 amide bonds. The molecule has 1 aromatic carbocycles. The third kappa shape index (κ3) is 3.66. The summed E-state index contributed by atoms with van der Waals surface area (Å²) >= 11 is 1.80. The number of hydrogen-bond donors (Lipinski definition) is 1. The molecular formula is C19H22ClN5S. The molecule has 1 aliphatic rings. The lowest BCUT2D eigenvalue weighted by molar-refractivity contribution is 0.700. The van der Waals surface area contributed by atoms with Crippen LogP contribution in [-0.4, -0.2) is 30.3 Å². The minimum Gasteiger partial charge on any atom is -0.378 e. The van der Waals surface area contributed by atoms with Crippen LogP contribution in [0.25, 0.3) is 10.2 Å². The number of benzene rings is 1. The Labute approximate surface area is 163 Å². The second-order valence-electron chi connectivity index (χ2n) is 6.47. The molecule has 0 radical (unpaired) electrons. The molecular weight excluding hydrogens is 366 g/mol. The summed E-state index contributed by atoms with van der Waals surface area (Å²) in [6.45, 7) is 0. The van der Waals surface area contributed by atoms with Crippen LogP contribution in [0, 0.1) is 0 Å². The van der Waals surface area contributed by atoms with Gasteiger partial charge in [-0.1, -0.05) is 12.1 Å². The van der Waals surface area contributed by atoms with E-state index in [1.807, 2.05) is 20.3 Å². The monoisotopic (exact) mass is 387 g/mol. The molecule has 0 atom stereocenters. The average molecular weight is 388 g/mol. The predicted molar refractivity (Wildman–Crippen MR) is 113 cm³/mol. The van der Waals surface area contributed by atoms with Gasteiger partial charge in [-0.2, -0.15) is 5.10 Å². The molecule has 0 saturated carbocycles. The number of anilines is 2. The van der Waals surface area contributed by atoms with E-state index in [0.29, 0.717) is 0 Å². The molecule has 5 nitrogen and oxygen atoms in total. The molecule has 4 rings (SSSR count). The van der Waals surface area contributed by atoms with Crippen LogP contribution in [-0.2, 0) is 12.8 Å². The van der Waals surface area contributed by atoms with E-state index in [9.17, 15) is 0 Å². The van der Waals surface area contributed by atoms with Crippen molar-refractivity contribution in [2.75, 3.05) is 24.4 Å². The summed E-state index contributed by atoms with van der Waals surface area (Å²) in [5.74, 6) is 0.811. The summed E-state index contributed by atoms with van der Waals surface area (Å²) in [4.78, 5) is 13.5. The highest BCUT2D eigenvalue weighted by atomic mass is 35.5. The highest BCUT2D eigenvalue weighted by Gasteiger charge is 2.19. The number of hydrazone groups is 1. The molecule has 0 fully saturated rings. The zero-order valence-corrected chi connectivity index (χ0v) is 16.5. The maximum Gasteiger partial charge on any atom is 0.158 e. The van der Waals surface area contributed by atoms with Gasteiger partial charge in [0.2, 0.25) is 0 Å². The molecule has 26 heavy (non-hydrogen) atoms. The maximum atomic E-state index is 4.45. The van der Waals surface area contributed by atoms with Gasteiger partial charge in [0, 0.05) is 24.7 Å². The number of aryl methyl sites for hydroxylation is 2. The first kappa shape index (κ1) is 18.6. The number of halogens is 1. The van der Waals surface area contributed by atoms with Crippen molar-refractivity contribution >= 4 is 51.7 Å². The van der Waals surface area contributed by atoms with E-state index in [-0.39, 0.29) is 12.4 Å². The van der Waals surface area contributed by atoms with Crippen molar-refractivity contribution < 1.29 is 0 Å². The Bertz CT molecular complexity index is 918. The number of thiophene rings is 1. The Balaban J connectivity index is 0.00000196. The highest BCUT2D eigenvalue weighted by molar-refractivity contribution is 7.19. The molecule has 7 heteroatoms. The number of nitrogens with one attached hydrogen (secondary N) is 1. The molecule has 0 spiro atoms. The highest BCUT2D eigenvalue weighted by Crippen LogP contribution is 2.38. The fraction of sp³-hybridized carbons (Fsp3) is 0.316. The second-order valence-corrected chi connectivity index (χ2v) is 7.55. The zero-order chi connectivity index (χ0) is 17.2. The van der Waals surface area contributed by atoms with E-state index >= 15 is 0 Å². The van der Waals surface area contributed by atoms with Crippen LogP contribution in [0.5, 0.6) is 0 Å². The summed E-state index contributed by atoms with van der Waals surface area (Å²) < 4.78 is 0. The topological polar surface area (TPSA) is 53.4 Å². The van der Waals surface area contributed by atoms with Crippen molar-refractivity contribution in [2.45, 2.75) is 25.7 Å². The average Bonchev–Trinajstić information content (AvgIpc) is 3.01. The lowest BCUT2D eigenvalue weighted by Gasteiger charge is -2.12. The van der Waals surface area contributed by atoms with Gasteiger partial charge in [-0.15, -0.1) is 23.7 Å². The van der Waals surface area contributed by atoms with E-state index < -0.39 is 0 Å². The van der Waals surface area contributed by atoms with Crippen LogP contribution in [0.2, 0.25) is 0 Å². The van der Waals surface area contributed by atoms with Crippen LogP contribution >= 0.6 is 23.7 Å². The van der Waals surface area contributed by atoms with Gasteiger partial charge in [0.25, 0.3) is 0 Å². The molecule has 0 saturated heterocycles. The minimum atomic E-state index is 0. The minimum absolute atomic E-state index is 0. The Morgan fingerprint density at radius 3 is 2.65 bits per heavy atom. The van der Waals surface area contributed by atoms with Crippen molar-refractivity contribution in [3.05, 3.63) is 46.6 Å². The maximum absolute atomic E-state index is 4.45. The van der Waals surface area contributed by atoms with Gasteiger partial charge in [0.1, 0.15) is 11.2 Å². The Kier molecular flexibility index (Phi) is 5.74. The number of fused-ring (bicyclic) bond motifs is 3. The summed E-state index contributed by atoms with van der Waals surface area (Å²) in [5, 5.41) is 5.55. The van der Waals surface area contributed by atoms with Gasteiger partial charge in [-0.3, -0.25) is 5.43 Å². The van der Waals surface area contributed by atoms with E-state index in [2.05, 4.69) is 49.7 Å². The van der Waals surface area contributed by atoms with Crippen LogP contribution in [0.4, 0.5) is 11.5 Å². The van der Waals surface area contributed by atoms with Gasteiger partial charge < -0.3 is 4.90 Å². The molecule has 136 valence electrons. The van der Waals surface area contributed by atoms with Crippen molar-refractivity contribution in [1.82, 2.24) is 9.97 Å². The second kappa shape index (κ2) is 8.01. The number of aromatic nitrogens is 2. The standard InChI is InChI=1S/C19H21N5S.ClH/c1-24(2)14-9-7-13(8-10-14)11-22-23-18-17-15-5-3-4-6-16(15)25-19(17)21-12-20-18;/h7-12H,3-6H2,1-2H3,(H,20,21,23);1H/b22-11+;. The van der Waals surface area contributed by atoms with Crippen molar-refractivity contribution in [1.29, 1.82) is 0 Å².